The minimum atomic E-state index is 0.0480. The van der Waals surface area contributed by atoms with E-state index < -0.39 is 0 Å². The van der Waals surface area contributed by atoms with Crippen LogP contribution < -0.4 is 5.32 Å². The number of carbonyl (C=O) groups excluding carboxylic acids is 1. The lowest BCUT2D eigenvalue weighted by atomic mass is 9.53. The molecule has 31 heavy (non-hydrogen) atoms. The van der Waals surface area contributed by atoms with E-state index in [1.165, 1.54) is 51.4 Å². The van der Waals surface area contributed by atoms with Gasteiger partial charge in [0.25, 0.3) is 0 Å². The third-order valence-corrected chi connectivity index (χ3v) is 11.7. The fraction of sp³-hybridized carbons (Fsp3) is 0.963. The summed E-state index contributed by atoms with van der Waals surface area (Å²) in [5.41, 5.74) is 0.446. The fourth-order valence-corrected chi connectivity index (χ4v) is 10.4. The predicted molar refractivity (Wildman–Crippen MR) is 118 cm³/mol. The van der Waals surface area contributed by atoms with Gasteiger partial charge in [0.2, 0.25) is 0 Å². The maximum Gasteiger partial charge on any atom is 0.310 e. The first kappa shape index (κ1) is 19.8. The molecule has 7 aliphatic rings. The number of fused-ring (bicyclic) bond motifs is 5. The Labute approximate surface area is 187 Å². The molecule has 2 heterocycles. The average Bonchev–Trinajstić information content (AvgIpc) is 3.37. The molecule has 0 aromatic heterocycles. The van der Waals surface area contributed by atoms with E-state index in [4.69, 9.17) is 9.47 Å². The molecular weight excluding hydrogens is 386 g/mol. The summed E-state index contributed by atoms with van der Waals surface area (Å²) in [5, 5.41) is 3.91. The van der Waals surface area contributed by atoms with Crippen LogP contribution in [0.25, 0.3) is 0 Å². The van der Waals surface area contributed by atoms with Gasteiger partial charge in [0.15, 0.2) is 0 Å². The molecule has 0 radical (unpaired) electrons. The Hall–Kier alpha value is -0.610. The molecule has 4 nitrogen and oxygen atoms in total. The van der Waals surface area contributed by atoms with Gasteiger partial charge in [0.05, 0.1) is 18.1 Å². The Morgan fingerprint density at radius 1 is 1.10 bits per heavy atom. The maximum absolute atomic E-state index is 13.0. The van der Waals surface area contributed by atoms with E-state index in [2.05, 4.69) is 19.2 Å². The molecule has 5 saturated carbocycles. The standard InChI is InChI=1S/C27H41NO3/c1-15(24-18-5-4-17-8-16(9-18)10-19(17)24)28-13-21-20-11-23-26(2,12-22(20)31-25(21)29)6-3-7-27(23)14-30-27/h15-24,28H,3-14H2,1-2H3/t15-,16-,17-,18-,19+,20+,21-,22+,23+,24-,26+,27-/m0/s1. The normalized spacial score (nSPS) is 57.5. The van der Waals surface area contributed by atoms with E-state index in [9.17, 15) is 4.79 Å². The summed E-state index contributed by atoms with van der Waals surface area (Å²) in [6, 6.07) is 0.533. The van der Waals surface area contributed by atoms with Crippen LogP contribution in [0.5, 0.6) is 0 Å². The lowest BCUT2D eigenvalue weighted by Gasteiger charge is -2.51. The molecular formula is C27H41NO3. The van der Waals surface area contributed by atoms with Crippen LogP contribution in [0.4, 0.5) is 0 Å². The third kappa shape index (κ3) is 2.89. The highest BCUT2D eigenvalue weighted by Gasteiger charge is 2.65. The number of epoxide rings is 1. The van der Waals surface area contributed by atoms with Gasteiger partial charge in [-0.1, -0.05) is 6.92 Å². The third-order valence-electron chi connectivity index (χ3n) is 11.7. The molecule has 12 atom stereocenters. The van der Waals surface area contributed by atoms with Gasteiger partial charge in [-0.05, 0) is 112 Å². The van der Waals surface area contributed by atoms with Crippen molar-refractivity contribution in [2.24, 2.45) is 52.8 Å². The van der Waals surface area contributed by atoms with Crippen LogP contribution >= 0.6 is 0 Å². The van der Waals surface area contributed by atoms with Crippen molar-refractivity contribution in [3.05, 3.63) is 0 Å². The van der Waals surface area contributed by atoms with Crippen molar-refractivity contribution in [1.82, 2.24) is 5.32 Å². The minimum Gasteiger partial charge on any atom is -0.462 e. The summed E-state index contributed by atoms with van der Waals surface area (Å²) in [6.45, 7) is 6.64. The second-order valence-corrected chi connectivity index (χ2v) is 13.2. The van der Waals surface area contributed by atoms with Gasteiger partial charge in [-0.25, -0.2) is 0 Å². The van der Waals surface area contributed by atoms with E-state index >= 15 is 0 Å². The van der Waals surface area contributed by atoms with Crippen molar-refractivity contribution in [2.45, 2.75) is 95.8 Å². The van der Waals surface area contributed by atoms with Gasteiger partial charge in [0, 0.05) is 18.5 Å². The highest BCUT2D eigenvalue weighted by molar-refractivity contribution is 5.75. The zero-order valence-corrected chi connectivity index (χ0v) is 19.5. The molecule has 0 aromatic carbocycles. The molecule has 1 N–H and O–H groups in total. The topological polar surface area (TPSA) is 50.9 Å². The van der Waals surface area contributed by atoms with Crippen molar-refractivity contribution in [1.29, 1.82) is 0 Å². The summed E-state index contributed by atoms with van der Waals surface area (Å²) < 4.78 is 12.1. The zero-order valence-electron chi connectivity index (χ0n) is 19.5. The van der Waals surface area contributed by atoms with Crippen molar-refractivity contribution in [2.75, 3.05) is 13.2 Å². The number of carbonyl (C=O) groups is 1. The molecule has 5 aliphatic carbocycles. The van der Waals surface area contributed by atoms with Crippen LogP contribution in [0.2, 0.25) is 0 Å². The summed E-state index contributed by atoms with van der Waals surface area (Å²) >= 11 is 0. The van der Waals surface area contributed by atoms with Gasteiger partial charge in [-0.3, -0.25) is 4.79 Å². The SMILES string of the molecule is C[C@H](NC[C@@H]1C(=O)O[C@@H]2C[C@@]3(C)CCC[C@]4(CO4)[C@@H]3C[C@H]12)[C@H]1[C@H]2CC[C@H]3C[C@@H](C2)C[C@H]31. The molecule has 7 fully saturated rings. The van der Waals surface area contributed by atoms with Crippen LogP contribution in [-0.4, -0.2) is 36.9 Å². The Bertz CT molecular complexity index is 764. The molecule has 7 rings (SSSR count). The van der Waals surface area contributed by atoms with Crippen molar-refractivity contribution in [3.8, 4) is 0 Å². The average molecular weight is 428 g/mol. The first-order valence-electron chi connectivity index (χ1n) is 13.5. The summed E-state index contributed by atoms with van der Waals surface area (Å²) in [4.78, 5) is 13.0. The zero-order chi connectivity index (χ0) is 21.0. The predicted octanol–water partition coefficient (Wildman–Crippen LogP) is 4.56. The quantitative estimate of drug-likeness (QED) is 0.528. The van der Waals surface area contributed by atoms with E-state index in [0.717, 1.165) is 55.6 Å². The highest BCUT2D eigenvalue weighted by Crippen LogP contribution is 2.63. The van der Waals surface area contributed by atoms with E-state index in [0.29, 0.717) is 23.3 Å². The Morgan fingerprint density at radius 2 is 1.90 bits per heavy atom. The van der Waals surface area contributed by atoms with Crippen molar-refractivity contribution in [3.63, 3.8) is 0 Å². The molecule has 0 aromatic rings. The number of hydrogen-bond donors (Lipinski definition) is 1. The Balaban J connectivity index is 1.05. The largest absolute Gasteiger partial charge is 0.462 e. The second-order valence-electron chi connectivity index (χ2n) is 13.2. The van der Waals surface area contributed by atoms with Gasteiger partial charge in [0.1, 0.15) is 6.10 Å². The molecule has 2 saturated heterocycles. The smallest absolute Gasteiger partial charge is 0.310 e. The van der Waals surface area contributed by atoms with Crippen LogP contribution in [-0.2, 0) is 14.3 Å². The molecule has 0 unspecified atom stereocenters. The summed E-state index contributed by atoms with van der Waals surface area (Å²) in [7, 11) is 0. The number of rotatable bonds is 4. The fourth-order valence-electron chi connectivity index (χ4n) is 10.4. The minimum absolute atomic E-state index is 0.0480. The highest BCUT2D eigenvalue weighted by atomic mass is 16.6. The molecule has 4 heteroatoms. The Kier molecular flexibility index (Phi) is 4.29. The van der Waals surface area contributed by atoms with Crippen LogP contribution in [0.15, 0.2) is 0 Å². The summed E-state index contributed by atoms with van der Waals surface area (Å²) in [5.74, 6) is 5.88. The van der Waals surface area contributed by atoms with E-state index in [-0.39, 0.29) is 23.6 Å². The number of esters is 1. The van der Waals surface area contributed by atoms with Crippen molar-refractivity contribution < 1.29 is 14.3 Å². The second kappa shape index (κ2) is 6.72. The lowest BCUT2D eigenvalue weighted by Crippen LogP contribution is -2.52. The van der Waals surface area contributed by atoms with Crippen LogP contribution in [0.1, 0.15) is 78.1 Å². The molecule has 2 aliphatic heterocycles. The number of nitrogens with one attached hydrogen (secondary N) is 1. The molecule has 1 spiro atoms. The lowest BCUT2D eigenvalue weighted by molar-refractivity contribution is -0.147. The first-order chi connectivity index (χ1) is 15.0. The molecule has 3 bridgehead atoms. The van der Waals surface area contributed by atoms with E-state index in [1.807, 2.05) is 0 Å². The van der Waals surface area contributed by atoms with E-state index in [1.54, 1.807) is 0 Å². The monoisotopic (exact) mass is 427 g/mol. The van der Waals surface area contributed by atoms with Gasteiger partial charge in [-0.2, -0.15) is 0 Å². The van der Waals surface area contributed by atoms with Gasteiger partial charge in [-0.15, -0.1) is 0 Å². The van der Waals surface area contributed by atoms with Crippen molar-refractivity contribution >= 4 is 5.97 Å². The summed E-state index contributed by atoms with van der Waals surface area (Å²) in [6.07, 6.45) is 13.5. The molecule has 172 valence electrons. The number of ether oxygens (including phenoxy) is 2. The first-order valence-corrected chi connectivity index (χ1v) is 13.5. The maximum atomic E-state index is 13.0. The number of hydrogen-bond acceptors (Lipinski definition) is 4. The molecule has 0 amide bonds. The van der Waals surface area contributed by atoms with Crippen LogP contribution in [0.3, 0.4) is 0 Å². The van der Waals surface area contributed by atoms with Crippen LogP contribution in [0, 0.1) is 52.8 Å². The van der Waals surface area contributed by atoms with Gasteiger partial charge < -0.3 is 14.8 Å². The van der Waals surface area contributed by atoms with Gasteiger partial charge >= 0.3 is 5.97 Å². The Morgan fingerprint density at radius 3 is 2.74 bits per heavy atom.